The maximum Gasteiger partial charge on any atom is 0.0138 e. The van der Waals surface area contributed by atoms with Crippen LogP contribution in [-0.4, -0.2) is 31.6 Å². The molecule has 0 rings (SSSR count). The van der Waals surface area contributed by atoms with E-state index in [2.05, 4.69) is 4.90 Å². The standard InChI is InChI=1S/C5H14N2/c1-5(6)4-7(2)3/h5H,4,6H2,1-3H3/t5-/m0/s1. The highest BCUT2D eigenvalue weighted by atomic mass is 15.1. The van der Waals surface area contributed by atoms with E-state index in [4.69, 9.17) is 5.73 Å². The van der Waals surface area contributed by atoms with Crippen molar-refractivity contribution < 1.29 is 0 Å². The van der Waals surface area contributed by atoms with E-state index >= 15 is 0 Å². The zero-order valence-electron chi connectivity index (χ0n) is 5.31. The lowest BCUT2D eigenvalue weighted by molar-refractivity contribution is 0.383. The first-order chi connectivity index (χ1) is 3.13. The molecule has 0 heterocycles. The Labute approximate surface area is 45.3 Å². The fraction of sp³-hybridized carbons (Fsp3) is 1.00. The van der Waals surface area contributed by atoms with Crippen LogP contribution in [0.2, 0.25) is 0 Å². The van der Waals surface area contributed by atoms with Gasteiger partial charge in [0.25, 0.3) is 0 Å². The molecule has 2 N–H and O–H groups in total. The van der Waals surface area contributed by atoms with Crippen LogP contribution >= 0.6 is 0 Å². The zero-order chi connectivity index (χ0) is 5.86. The van der Waals surface area contributed by atoms with Crippen LogP contribution in [0.3, 0.4) is 0 Å². The van der Waals surface area contributed by atoms with Crippen molar-refractivity contribution in [1.29, 1.82) is 0 Å². The fourth-order valence-corrected chi connectivity index (χ4v) is 0.576. The molecule has 0 fully saturated rings. The van der Waals surface area contributed by atoms with Crippen LogP contribution in [0.25, 0.3) is 0 Å². The SMILES string of the molecule is C[C@H](N)CN(C)C. The third-order valence-corrected chi connectivity index (χ3v) is 0.653. The molecule has 0 bridgehead atoms. The molecular weight excluding hydrogens is 88.1 g/mol. The van der Waals surface area contributed by atoms with E-state index in [1.165, 1.54) is 0 Å². The molecule has 0 aliphatic rings. The van der Waals surface area contributed by atoms with E-state index in [0.29, 0.717) is 6.04 Å². The molecule has 2 nitrogen and oxygen atoms in total. The van der Waals surface area contributed by atoms with Gasteiger partial charge in [-0.2, -0.15) is 0 Å². The molecule has 2 heteroatoms. The van der Waals surface area contributed by atoms with E-state index in [1.807, 2.05) is 21.0 Å². The monoisotopic (exact) mass is 102 g/mol. The second kappa shape index (κ2) is 2.99. The van der Waals surface area contributed by atoms with Gasteiger partial charge < -0.3 is 10.6 Å². The molecule has 0 saturated heterocycles. The van der Waals surface area contributed by atoms with Crippen molar-refractivity contribution in [2.45, 2.75) is 13.0 Å². The third-order valence-electron chi connectivity index (χ3n) is 0.653. The largest absolute Gasteiger partial charge is 0.327 e. The average molecular weight is 102 g/mol. The van der Waals surface area contributed by atoms with E-state index in [0.717, 1.165) is 6.54 Å². The molecule has 0 radical (unpaired) electrons. The minimum absolute atomic E-state index is 0.301. The van der Waals surface area contributed by atoms with Gasteiger partial charge in [-0.25, -0.2) is 0 Å². The van der Waals surface area contributed by atoms with Gasteiger partial charge >= 0.3 is 0 Å². The van der Waals surface area contributed by atoms with Crippen molar-refractivity contribution in [2.24, 2.45) is 5.73 Å². The van der Waals surface area contributed by atoms with Crippen molar-refractivity contribution in [1.82, 2.24) is 4.90 Å². The summed E-state index contributed by atoms with van der Waals surface area (Å²) in [5.41, 5.74) is 5.45. The van der Waals surface area contributed by atoms with E-state index in [-0.39, 0.29) is 0 Å². The predicted octanol–water partition coefficient (Wildman–Crippen LogP) is -0.105. The number of nitrogens with two attached hydrogens (primary N) is 1. The lowest BCUT2D eigenvalue weighted by Gasteiger charge is -2.11. The van der Waals surface area contributed by atoms with E-state index in [1.54, 1.807) is 0 Å². The van der Waals surface area contributed by atoms with E-state index in [9.17, 15) is 0 Å². The predicted molar refractivity (Wildman–Crippen MR) is 32.2 cm³/mol. The van der Waals surface area contributed by atoms with Gasteiger partial charge in [0.2, 0.25) is 0 Å². The van der Waals surface area contributed by atoms with Crippen molar-refractivity contribution in [3.8, 4) is 0 Å². The number of hydrogen-bond acceptors (Lipinski definition) is 2. The number of likely N-dealkylation sites (N-methyl/N-ethyl adjacent to an activating group) is 1. The first kappa shape index (κ1) is 6.92. The molecule has 0 spiro atoms. The van der Waals surface area contributed by atoms with Crippen LogP contribution < -0.4 is 5.73 Å². The summed E-state index contributed by atoms with van der Waals surface area (Å²) in [5.74, 6) is 0. The number of nitrogens with zero attached hydrogens (tertiary/aromatic N) is 1. The Bertz CT molecular complexity index is 35.3. The average Bonchev–Trinajstić information content (AvgIpc) is 1.27. The third kappa shape index (κ3) is 5.92. The van der Waals surface area contributed by atoms with Crippen molar-refractivity contribution in [3.63, 3.8) is 0 Å². The highest BCUT2D eigenvalue weighted by Gasteiger charge is 1.92. The van der Waals surface area contributed by atoms with Crippen LogP contribution in [0.5, 0.6) is 0 Å². The number of hydrogen-bond donors (Lipinski definition) is 1. The molecule has 0 aromatic heterocycles. The Morgan fingerprint density at radius 2 is 2.00 bits per heavy atom. The van der Waals surface area contributed by atoms with Gasteiger partial charge in [0, 0.05) is 12.6 Å². The summed E-state index contributed by atoms with van der Waals surface area (Å²) in [4.78, 5) is 2.07. The molecule has 0 aliphatic heterocycles. The summed E-state index contributed by atoms with van der Waals surface area (Å²) in [6, 6.07) is 0.301. The molecule has 0 aliphatic carbocycles. The Hall–Kier alpha value is -0.0800. The second-order valence-corrected chi connectivity index (χ2v) is 2.24. The van der Waals surface area contributed by atoms with Gasteiger partial charge in [0.05, 0.1) is 0 Å². The minimum Gasteiger partial charge on any atom is -0.327 e. The molecular formula is C5H14N2. The van der Waals surface area contributed by atoms with Gasteiger partial charge in [-0.05, 0) is 21.0 Å². The Balaban J connectivity index is 2.95. The van der Waals surface area contributed by atoms with Crippen LogP contribution in [0.15, 0.2) is 0 Å². The van der Waals surface area contributed by atoms with E-state index < -0.39 is 0 Å². The topological polar surface area (TPSA) is 29.3 Å². The summed E-state index contributed by atoms with van der Waals surface area (Å²) in [6.07, 6.45) is 0. The molecule has 0 aromatic carbocycles. The maximum absolute atomic E-state index is 5.45. The zero-order valence-corrected chi connectivity index (χ0v) is 5.31. The maximum atomic E-state index is 5.45. The summed E-state index contributed by atoms with van der Waals surface area (Å²) in [7, 11) is 4.03. The summed E-state index contributed by atoms with van der Waals surface area (Å²) in [5, 5.41) is 0. The molecule has 0 amide bonds. The fourth-order valence-electron chi connectivity index (χ4n) is 0.576. The Kier molecular flexibility index (Phi) is 2.96. The smallest absolute Gasteiger partial charge is 0.0138 e. The molecule has 0 unspecified atom stereocenters. The van der Waals surface area contributed by atoms with Crippen LogP contribution in [0.4, 0.5) is 0 Å². The Morgan fingerprint density at radius 1 is 1.57 bits per heavy atom. The van der Waals surface area contributed by atoms with Crippen LogP contribution in [0, 0.1) is 0 Å². The normalized spacial score (nSPS) is 15.0. The molecule has 44 valence electrons. The number of rotatable bonds is 2. The van der Waals surface area contributed by atoms with Crippen molar-refractivity contribution in [3.05, 3.63) is 0 Å². The lowest BCUT2D eigenvalue weighted by Crippen LogP contribution is -2.29. The molecule has 0 saturated carbocycles. The van der Waals surface area contributed by atoms with Crippen molar-refractivity contribution >= 4 is 0 Å². The van der Waals surface area contributed by atoms with Gasteiger partial charge in [-0.15, -0.1) is 0 Å². The lowest BCUT2D eigenvalue weighted by atomic mass is 10.3. The van der Waals surface area contributed by atoms with Gasteiger partial charge in [0.1, 0.15) is 0 Å². The van der Waals surface area contributed by atoms with Crippen molar-refractivity contribution in [2.75, 3.05) is 20.6 Å². The molecule has 7 heavy (non-hydrogen) atoms. The Morgan fingerprint density at radius 3 is 2.00 bits per heavy atom. The van der Waals surface area contributed by atoms with Crippen LogP contribution in [0.1, 0.15) is 6.92 Å². The van der Waals surface area contributed by atoms with Gasteiger partial charge in [-0.1, -0.05) is 0 Å². The van der Waals surface area contributed by atoms with Gasteiger partial charge in [-0.3, -0.25) is 0 Å². The summed E-state index contributed by atoms with van der Waals surface area (Å²) in [6.45, 7) is 2.97. The van der Waals surface area contributed by atoms with Crippen LogP contribution in [-0.2, 0) is 0 Å². The molecule has 1 atom stereocenters. The first-order valence-corrected chi connectivity index (χ1v) is 2.53. The highest BCUT2D eigenvalue weighted by molar-refractivity contribution is 4.54. The molecule has 0 aromatic rings. The quantitative estimate of drug-likeness (QED) is 0.527. The van der Waals surface area contributed by atoms with Gasteiger partial charge in [0.15, 0.2) is 0 Å². The first-order valence-electron chi connectivity index (χ1n) is 2.53. The summed E-state index contributed by atoms with van der Waals surface area (Å²) < 4.78 is 0. The minimum atomic E-state index is 0.301. The summed E-state index contributed by atoms with van der Waals surface area (Å²) >= 11 is 0. The second-order valence-electron chi connectivity index (χ2n) is 2.24. The highest BCUT2D eigenvalue weighted by Crippen LogP contribution is 1.76.